The van der Waals surface area contributed by atoms with E-state index in [9.17, 15) is 20.2 Å². The fraction of sp³-hybridized carbons (Fsp3) is 0.867. The number of piperidine rings is 2. The van der Waals surface area contributed by atoms with E-state index in [2.05, 4.69) is 13.5 Å². The number of hydrogen-bond acceptors (Lipinski definition) is 4. The van der Waals surface area contributed by atoms with Gasteiger partial charge in [0.1, 0.15) is 5.41 Å². The van der Waals surface area contributed by atoms with Crippen molar-refractivity contribution in [1.82, 2.24) is 0 Å². The van der Waals surface area contributed by atoms with E-state index in [4.69, 9.17) is 0 Å². The van der Waals surface area contributed by atoms with Gasteiger partial charge in [-0.25, -0.2) is 0 Å². The Hall–Kier alpha value is -1.54. The lowest BCUT2D eigenvalue weighted by Crippen LogP contribution is -3.51. The molecule has 0 amide bonds. The molecule has 4 aliphatic rings. The third-order valence-electron chi connectivity index (χ3n) is 7.46. The topological polar surface area (TPSA) is 95.2 Å². The molecule has 128 valence electrons. The second-order valence-corrected chi connectivity index (χ2v) is 8.28. The monoisotopic (exact) mass is 326 g/mol. The Balaban J connectivity index is 2.12. The first-order valence-corrected chi connectivity index (χ1v) is 8.18. The van der Waals surface area contributed by atoms with Gasteiger partial charge in [0, 0.05) is 16.8 Å². The maximum Gasteiger partial charge on any atom is 0.329 e. The minimum absolute atomic E-state index is 0.205. The summed E-state index contributed by atoms with van der Waals surface area (Å²) in [7, 11) is 0. The van der Waals surface area contributed by atoms with Crippen LogP contribution in [0.5, 0.6) is 0 Å². The van der Waals surface area contributed by atoms with Gasteiger partial charge in [-0.05, 0) is 20.3 Å². The summed E-state index contributed by atoms with van der Waals surface area (Å²) in [5, 5.41) is 24.0. The molecule has 0 aromatic heterocycles. The zero-order valence-electron chi connectivity index (χ0n) is 14.1. The van der Waals surface area contributed by atoms with Crippen molar-refractivity contribution in [2.45, 2.75) is 50.4 Å². The lowest BCUT2D eigenvalue weighted by Gasteiger charge is -2.64. The van der Waals surface area contributed by atoms with Gasteiger partial charge >= 0.3 is 11.1 Å². The smallest absolute Gasteiger partial charge is 0.272 e. The second kappa shape index (κ2) is 4.51. The van der Waals surface area contributed by atoms with Crippen molar-refractivity contribution in [3.63, 3.8) is 0 Å². The molecule has 0 saturated carbocycles. The maximum atomic E-state index is 12.0. The quantitative estimate of drug-likeness (QED) is 0.367. The first-order valence-electron chi connectivity index (χ1n) is 8.18. The zero-order valence-corrected chi connectivity index (χ0v) is 14.1. The second-order valence-electron chi connectivity index (χ2n) is 8.28. The Morgan fingerprint density at radius 1 is 1.00 bits per heavy atom. The predicted octanol–water partition coefficient (Wildman–Crippen LogP) is -1.46. The molecule has 0 atom stereocenters. The van der Waals surface area contributed by atoms with E-state index in [1.165, 1.54) is 0 Å². The zero-order chi connectivity index (χ0) is 17.3. The summed E-state index contributed by atoms with van der Waals surface area (Å²) < 4.78 is 0. The molecule has 0 aromatic carbocycles. The number of quaternary nitrogens is 2. The highest BCUT2D eigenvalue weighted by atomic mass is 16.6. The van der Waals surface area contributed by atoms with Crippen LogP contribution in [0.15, 0.2) is 12.7 Å². The third kappa shape index (κ3) is 1.63. The van der Waals surface area contributed by atoms with E-state index in [0.717, 1.165) is 22.6 Å². The van der Waals surface area contributed by atoms with Crippen LogP contribution in [0, 0.1) is 25.6 Å². The molecule has 0 spiro atoms. The summed E-state index contributed by atoms with van der Waals surface area (Å²) in [5.41, 5.74) is -3.62. The largest absolute Gasteiger partial charge is 0.329 e. The van der Waals surface area contributed by atoms with Crippen LogP contribution >= 0.6 is 0 Å². The molecule has 2 N–H and O–H groups in total. The molecule has 0 radical (unpaired) electrons. The highest BCUT2D eigenvalue weighted by molar-refractivity contribution is 5.13. The first-order chi connectivity index (χ1) is 10.6. The highest BCUT2D eigenvalue weighted by Gasteiger charge is 2.88. The summed E-state index contributed by atoms with van der Waals surface area (Å²) >= 11 is 0. The van der Waals surface area contributed by atoms with Gasteiger partial charge < -0.3 is 0 Å². The van der Waals surface area contributed by atoms with Gasteiger partial charge in [-0.2, -0.15) is 0 Å². The maximum absolute atomic E-state index is 12.0. The molecule has 8 nitrogen and oxygen atoms in total. The molecule has 4 fully saturated rings. The summed E-state index contributed by atoms with van der Waals surface area (Å²) in [6.45, 7) is 10.9. The molecule has 0 aromatic rings. The van der Waals surface area contributed by atoms with Crippen LogP contribution < -0.4 is 9.80 Å². The van der Waals surface area contributed by atoms with Crippen molar-refractivity contribution in [1.29, 1.82) is 0 Å². The van der Waals surface area contributed by atoms with Crippen molar-refractivity contribution in [2.24, 2.45) is 5.41 Å². The number of nitrogens with zero attached hydrogens (tertiary/aromatic N) is 2. The van der Waals surface area contributed by atoms with Crippen LogP contribution in [-0.2, 0) is 0 Å². The number of allylic oxidation sites excluding steroid dienone is 1. The van der Waals surface area contributed by atoms with E-state index in [-0.39, 0.29) is 15.5 Å². The lowest BCUT2D eigenvalue weighted by molar-refractivity contribution is -1.22. The molecule has 0 unspecified atom stereocenters. The van der Waals surface area contributed by atoms with E-state index in [1.807, 2.05) is 6.08 Å². The summed E-state index contributed by atoms with van der Waals surface area (Å²) in [6.07, 6.45) is 3.53. The molecule has 4 rings (SSSR count). The molecule has 4 saturated heterocycles. The van der Waals surface area contributed by atoms with Crippen LogP contribution in [0.1, 0.15) is 33.6 Å². The van der Waals surface area contributed by atoms with Crippen molar-refractivity contribution in [3.8, 4) is 0 Å². The Morgan fingerprint density at radius 2 is 1.39 bits per heavy atom. The average Bonchev–Trinajstić information content (AvgIpc) is 2.43. The Labute approximate surface area is 135 Å². The third-order valence-corrected chi connectivity index (χ3v) is 7.46. The van der Waals surface area contributed by atoms with Gasteiger partial charge in [-0.3, -0.25) is 30.0 Å². The molecular weight excluding hydrogens is 300 g/mol. The number of hydrogen-bond donors (Lipinski definition) is 2. The van der Waals surface area contributed by atoms with Gasteiger partial charge in [-0.15, -0.1) is 6.58 Å². The predicted molar refractivity (Wildman–Crippen MR) is 82.5 cm³/mol. The molecule has 8 heteroatoms. The Kier molecular flexibility index (Phi) is 3.20. The first kappa shape index (κ1) is 16.3. The minimum atomic E-state index is -1.23. The van der Waals surface area contributed by atoms with Gasteiger partial charge in [0.2, 0.25) is 5.66 Å². The van der Waals surface area contributed by atoms with Gasteiger partial charge in [0.05, 0.1) is 6.42 Å². The highest BCUT2D eigenvalue weighted by Crippen LogP contribution is 2.48. The van der Waals surface area contributed by atoms with E-state index in [0.29, 0.717) is 26.2 Å². The molecular formula is C15H26N4O4+2. The van der Waals surface area contributed by atoms with Crippen LogP contribution in [0.25, 0.3) is 0 Å². The van der Waals surface area contributed by atoms with E-state index < -0.39 is 16.5 Å². The van der Waals surface area contributed by atoms with Crippen molar-refractivity contribution >= 4 is 0 Å². The van der Waals surface area contributed by atoms with Crippen molar-refractivity contribution < 1.29 is 19.6 Å². The fourth-order valence-corrected chi connectivity index (χ4v) is 5.47. The van der Waals surface area contributed by atoms with Crippen LogP contribution in [0.4, 0.5) is 0 Å². The Bertz CT molecular complexity index is 536. The van der Waals surface area contributed by atoms with Crippen LogP contribution in [-0.4, -0.2) is 52.8 Å². The van der Waals surface area contributed by atoms with Crippen molar-refractivity contribution in [2.75, 3.05) is 26.2 Å². The fourth-order valence-electron chi connectivity index (χ4n) is 5.47. The normalized spacial score (nSPS) is 46.6. The Morgan fingerprint density at radius 3 is 1.70 bits per heavy atom. The molecule has 23 heavy (non-hydrogen) atoms. The standard InChI is InChI=1S/C15H24N4O4/c1-5-6-7-13(4)16-8-14(18(20)21)9-17(13)11-15(10-16,19(22)23)12(14,2)3/h5H,1,6-11H2,2-4H3/p+2. The van der Waals surface area contributed by atoms with Gasteiger partial charge in [0.15, 0.2) is 26.2 Å². The minimum Gasteiger partial charge on any atom is -0.272 e. The van der Waals surface area contributed by atoms with Crippen molar-refractivity contribution in [3.05, 3.63) is 32.9 Å². The number of nitro groups is 2. The molecule has 0 aliphatic carbocycles. The number of rotatable bonds is 5. The van der Waals surface area contributed by atoms with Crippen LogP contribution in [0.3, 0.4) is 0 Å². The SMILES string of the molecule is C=CCCC1(C)[NH+]2CC3([N+](=O)[O-])C[NH+]1CC([N+](=O)[O-])(C2)C3(C)C. The summed E-state index contributed by atoms with van der Waals surface area (Å²) in [5.74, 6) is 0. The van der Waals surface area contributed by atoms with E-state index in [1.54, 1.807) is 13.8 Å². The summed E-state index contributed by atoms with van der Waals surface area (Å²) in [4.78, 5) is 25.6. The molecule has 4 aliphatic heterocycles. The molecule has 4 bridgehead atoms. The molecule has 4 heterocycles. The summed E-state index contributed by atoms with van der Waals surface area (Å²) in [6, 6.07) is 0. The van der Waals surface area contributed by atoms with E-state index >= 15 is 0 Å². The lowest BCUT2D eigenvalue weighted by atomic mass is 9.52. The van der Waals surface area contributed by atoms with Gasteiger partial charge in [-0.1, -0.05) is 6.08 Å². The number of nitrogens with one attached hydrogen (secondary N) is 2. The average molecular weight is 326 g/mol. The van der Waals surface area contributed by atoms with Gasteiger partial charge in [0.25, 0.3) is 0 Å². The van der Waals surface area contributed by atoms with Crippen LogP contribution in [0.2, 0.25) is 0 Å².